The quantitative estimate of drug-likeness (QED) is 0.778. The van der Waals surface area contributed by atoms with Crippen LogP contribution in [-0.2, 0) is 16.1 Å². The van der Waals surface area contributed by atoms with Crippen LogP contribution in [0.3, 0.4) is 0 Å². The van der Waals surface area contributed by atoms with Crippen LogP contribution >= 0.6 is 0 Å². The number of fused-ring (bicyclic) bond motifs is 1. The van der Waals surface area contributed by atoms with Gasteiger partial charge in [-0.1, -0.05) is 17.3 Å². The molecule has 0 radical (unpaired) electrons. The molecule has 1 aromatic heterocycles. The van der Waals surface area contributed by atoms with Crippen LogP contribution in [0.1, 0.15) is 27.2 Å². The molecule has 2 aromatic rings. The minimum Gasteiger partial charge on any atom is -0.354 e. The van der Waals surface area contributed by atoms with Gasteiger partial charge in [-0.15, -0.1) is 5.10 Å². The molecular weight excluding hydrogens is 294 g/mol. The molecule has 0 aliphatic heterocycles. The average molecular weight is 317 g/mol. The topological polar surface area (TPSA) is 80.1 Å². The van der Waals surface area contributed by atoms with Crippen LogP contribution in [0.4, 0.5) is 0 Å². The molecule has 0 bridgehead atoms. The maximum atomic E-state index is 12.0. The highest BCUT2D eigenvalue weighted by Crippen LogP contribution is 2.09. The van der Waals surface area contributed by atoms with Gasteiger partial charge >= 0.3 is 0 Å². The molecule has 0 aliphatic rings. The lowest BCUT2D eigenvalue weighted by molar-refractivity contribution is -0.130. The summed E-state index contributed by atoms with van der Waals surface area (Å²) in [6.07, 6.45) is 0.724. The third-order valence-corrected chi connectivity index (χ3v) is 3.64. The molecule has 1 N–H and O–H groups in total. The third kappa shape index (κ3) is 4.51. The van der Waals surface area contributed by atoms with E-state index in [0.717, 1.165) is 17.5 Å². The van der Waals surface area contributed by atoms with E-state index < -0.39 is 0 Å². The van der Waals surface area contributed by atoms with Crippen molar-refractivity contribution in [3.05, 3.63) is 24.3 Å². The van der Waals surface area contributed by atoms with Crippen molar-refractivity contribution in [2.75, 3.05) is 13.1 Å². The number of aromatic nitrogens is 3. The summed E-state index contributed by atoms with van der Waals surface area (Å²) < 4.78 is 1.58. The molecule has 1 heterocycles. The first-order valence-electron chi connectivity index (χ1n) is 7.81. The summed E-state index contributed by atoms with van der Waals surface area (Å²) in [6, 6.07) is 7.69. The SMILES string of the molecule is CC(=O)N(CCCNC(=O)Cn1nnc2ccccc21)C(C)C. The summed E-state index contributed by atoms with van der Waals surface area (Å²) in [6.45, 7) is 6.84. The van der Waals surface area contributed by atoms with Gasteiger partial charge < -0.3 is 10.2 Å². The highest BCUT2D eigenvalue weighted by molar-refractivity contribution is 5.79. The van der Waals surface area contributed by atoms with E-state index in [1.54, 1.807) is 16.5 Å². The maximum Gasteiger partial charge on any atom is 0.241 e. The molecule has 124 valence electrons. The second-order valence-corrected chi connectivity index (χ2v) is 5.75. The summed E-state index contributed by atoms with van der Waals surface area (Å²) in [7, 11) is 0. The molecule has 2 amide bonds. The van der Waals surface area contributed by atoms with Crippen molar-refractivity contribution in [1.82, 2.24) is 25.2 Å². The lowest BCUT2D eigenvalue weighted by Crippen LogP contribution is -2.38. The summed E-state index contributed by atoms with van der Waals surface area (Å²) in [4.78, 5) is 25.2. The van der Waals surface area contributed by atoms with Crippen molar-refractivity contribution in [3.63, 3.8) is 0 Å². The van der Waals surface area contributed by atoms with Gasteiger partial charge in [-0.3, -0.25) is 9.59 Å². The highest BCUT2D eigenvalue weighted by Gasteiger charge is 2.12. The fraction of sp³-hybridized carbons (Fsp3) is 0.500. The molecule has 0 saturated heterocycles. The Morgan fingerprint density at radius 1 is 1.30 bits per heavy atom. The van der Waals surface area contributed by atoms with Gasteiger partial charge in [-0.2, -0.15) is 0 Å². The molecule has 23 heavy (non-hydrogen) atoms. The number of para-hydroxylation sites is 1. The second kappa shape index (κ2) is 7.71. The van der Waals surface area contributed by atoms with E-state index in [1.165, 1.54) is 0 Å². The number of carbonyl (C=O) groups is 2. The Morgan fingerprint density at radius 2 is 2.04 bits per heavy atom. The molecule has 0 unspecified atom stereocenters. The Kier molecular flexibility index (Phi) is 5.67. The number of hydrogen-bond donors (Lipinski definition) is 1. The molecule has 7 heteroatoms. The molecule has 7 nitrogen and oxygen atoms in total. The van der Waals surface area contributed by atoms with Crippen molar-refractivity contribution in [1.29, 1.82) is 0 Å². The van der Waals surface area contributed by atoms with Crippen LogP contribution in [0.5, 0.6) is 0 Å². The Balaban J connectivity index is 1.78. The number of nitrogens with zero attached hydrogens (tertiary/aromatic N) is 4. The van der Waals surface area contributed by atoms with E-state index in [9.17, 15) is 9.59 Å². The number of hydrogen-bond acceptors (Lipinski definition) is 4. The first kappa shape index (κ1) is 16.9. The Hall–Kier alpha value is -2.44. The lowest BCUT2D eigenvalue weighted by Gasteiger charge is -2.25. The van der Waals surface area contributed by atoms with E-state index in [0.29, 0.717) is 13.1 Å². The molecule has 0 atom stereocenters. The zero-order chi connectivity index (χ0) is 16.8. The van der Waals surface area contributed by atoms with Crippen molar-refractivity contribution in [2.24, 2.45) is 0 Å². The van der Waals surface area contributed by atoms with E-state index in [4.69, 9.17) is 0 Å². The summed E-state index contributed by atoms with van der Waals surface area (Å²) in [5.74, 6) is -0.0556. The van der Waals surface area contributed by atoms with Gasteiger partial charge in [0.25, 0.3) is 0 Å². The Labute approximate surface area is 135 Å². The molecule has 2 rings (SSSR count). The van der Waals surface area contributed by atoms with Crippen molar-refractivity contribution in [3.8, 4) is 0 Å². The minimum atomic E-state index is -0.112. The van der Waals surface area contributed by atoms with Gasteiger partial charge in [0, 0.05) is 26.1 Å². The fourth-order valence-electron chi connectivity index (χ4n) is 2.48. The lowest BCUT2D eigenvalue weighted by atomic mass is 10.3. The fourth-order valence-corrected chi connectivity index (χ4v) is 2.48. The Morgan fingerprint density at radius 3 is 2.74 bits per heavy atom. The molecule has 0 spiro atoms. The largest absolute Gasteiger partial charge is 0.354 e. The number of amides is 2. The first-order chi connectivity index (χ1) is 11.0. The summed E-state index contributed by atoms with van der Waals surface area (Å²) in [5, 5.41) is 10.9. The molecular formula is C16H23N5O2. The predicted octanol–water partition coefficient (Wildman–Crippen LogP) is 1.19. The van der Waals surface area contributed by atoms with Crippen molar-refractivity contribution < 1.29 is 9.59 Å². The number of benzene rings is 1. The van der Waals surface area contributed by atoms with Gasteiger partial charge in [0.15, 0.2) is 0 Å². The van der Waals surface area contributed by atoms with Crippen LogP contribution in [0.15, 0.2) is 24.3 Å². The van der Waals surface area contributed by atoms with E-state index in [1.807, 2.05) is 38.1 Å². The van der Waals surface area contributed by atoms with Gasteiger partial charge in [0.2, 0.25) is 11.8 Å². The van der Waals surface area contributed by atoms with Crippen LogP contribution < -0.4 is 5.32 Å². The van der Waals surface area contributed by atoms with Crippen molar-refractivity contribution >= 4 is 22.8 Å². The average Bonchev–Trinajstić information content (AvgIpc) is 2.89. The highest BCUT2D eigenvalue weighted by atomic mass is 16.2. The van der Waals surface area contributed by atoms with Gasteiger partial charge in [-0.05, 0) is 32.4 Å². The van der Waals surface area contributed by atoms with Crippen LogP contribution in [-0.4, -0.2) is 50.8 Å². The first-order valence-corrected chi connectivity index (χ1v) is 7.81. The number of rotatable bonds is 7. The summed E-state index contributed by atoms with van der Waals surface area (Å²) in [5.41, 5.74) is 1.61. The molecule has 1 aromatic carbocycles. The zero-order valence-electron chi connectivity index (χ0n) is 13.8. The Bertz CT molecular complexity index is 680. The predicted molar refractivity (Wildman–Crippen MR) is 87.7 cm³/mol. The number of nitrogens with one attached hydrogen (secondary N) is 1. The summed E-state index contributed by atoms with van der Waals surface area (Å²) >= 11 is 0. The zero-order valence-corrected chi connectivity index (χ0v) is 13.8. The normalized spacial score (nSPS) is 11.0. The van der Waals surface area contributed by atoms with Gasteiger partial charge in [0.05, 0.1) is 5.52 Å². The monoisotopic (exact) mass is 317 g/mol. The third-order valence-electron chi connectivity index (χ3n) is 3.64. The van der Waals surface area contributed by atoms with Gasteiger partial charge in [0.1, 0.15) is 12.1 Å². The van der Waals surface area contributed by atoms with Gasteiger partial charge in [-0.25, -0.2) is 4.68 Å². The van der Waals surface area contributed by atoms with E-state index >= 15 is 0 Å². The maximum absolute atomic E-state index is 12.0. The van der Waals surface area contributed by atoms with Crippen LogP contribution in [0.25, 0.3) is 11.0 Å². The van der Waals surface area contributed by atoms with E-state index in [2.05, 4.69) is 15.6 Å². The second-order valence-electron chi connectivity index (χ2n) is 5.75. The standard InChI is InChI=1S/C16H23N5O2/c1-12(2)20(13(3)22)10-6-9-17-16(23)11-21-15-8-5-4-7-14(15)18-19-21/h4-5,7-8,12H,6,9-11H2,1-3H3,(H,17,23). The van der Waals surface area contributed by atoms with E-state index in [-0.39, 0.29) is 24.4 Å². The molecule has 0 fully saturated rings. The smallest absolute Gasteiger partial charge is 0.241 e. The minimum absolute atomic E-state index is 0.0559. The van der Waals surface area contributed by atoms with Crippen LogP contribution in [0.2, 0.25) is 0 Å². The van der Waals surface area contributed by atoms with Crippen molar-refractivity contribution in [2.45, 2.75) is 39.8 Å². The van der Waals surface area contributed by atoms with Crippen LogP contribution in [0, 0.1) is 0 Å². The molecule has 0 saturated carbocycles. The number of carbonyl (C=O) groups excluding carboxylic acids is 2. The molecule has 0 aliphatic carbocycles.